The van der Waals surface area contributed by atoms with Crippen LogP contribution >= 0.6 is 11.6 Å². The summed E-state index contributed by atoms with van der Waals surface area (Å²) in [6.45, 7) is 2.89. The Morgan fingerprint density at radius 1 is 1.19 bits per heavy atom. The molecule has 2 N–H and O–H groups in total. The minimum Gasteiger partial charge on any atom is -0.478 e. The van der Waals surface area contributed by atoms with E-state index in [1.807, 2.05) is 0 Å². The number of carboxylic acid groups (broad SMARTS) is 1. The Morgan fingerprint density at radius 3 is 2.48 bits per heavy atom. The van der Waals surface area contributed by atoms with Gasteiger partial charge in [-0.1, -0.05) is 11.6 Å². The summed E-state index contributed by atoms with van der Waals surface area (Å²) in [5.41, 5.74) is -0.416. The molecule has 1 heterocycles. The molecular formula is C19H17ClN2O5. The molecule has 2 aromatic carbocycles. The molecule has 27 heavy (non-hydrogen) atoms. The summed E-state index contributed by atoms with van der Waals surface area (Å²) in [5, 5.41) is 12.4. The van der Waals surface area contributed by atoms with E-state index in [2.05, 4.69) is 5.32 Å². The monoisotopic (exact) mass is 388 g/mol. The number of anilines is 2. The number of fused-ring (bicyclic) bond motifs is 1. The first-order valence-corrected chi connectivity index (χ1v) is 8.49. The van der Waals surface area contributed by atoms with Crippen LogP contribution in [0.4, 0.5) is 11.4 Å². The minimum absolute atomic E-state index is 0.00651. The smallest absolute Gasteiger partial charge is 0.335 e. The molecule has 0 saturated heterocycles. The summed E-state index contributed by atoms with van der Waals surface area (Å²) >= 11 is 5.82. The highest BCUT2D eigenvalue weighted by molar-refractivity contribution is 6.30. The molecule has 1 aliphatic rings. The fraction of sp³-hybridized carbons (Fsp3) is 0.211. The molecule has 8 heteroatoms. The van der Waals surface area contributed by atoms with Crippen molar-refractivity contribution in [3.8, 4) is 5.75 Å². The first-order chi connectivity index (χ1) is 12.7. The molecule has 3 rings (SSSR count). The van der Waals surface area contributed by atoms with E-state index in [1.54, 1.807) is 38.1 Å². The van der Waals surface area contributed by atoms with E-state index in [0.29, 0.717) is 16.5 Å². The lowest BCUT2D eigenvalue weighted by molar-refractivity contribution is -0.133. The standard InChI is InChI=1S/C19H17ClN2O5/c1-19(2)18(26)22(10-16(23)21-13-6-4-12(20)5-7-13)14-9-11(17(24)25)3-8-15(14)27-19/h3-9H,10H2,1-2H3,(H,21,23)(H,24,25). The van der Waals surface area contributed by atoms with Gasteiger partial charge in [-0.15, -0.1) is 0 Å². The van der Waals surface area contributed by atoms with E-state index in [9.17, 15) is 19.5 Å². The van der Waals surface area contributed by atoms with Crippen molar-refractivity contribution in [3.63, 3.8) is 0 Å². The van der Waals surface area contributed by atoms with Gasteiger partial charge < -0.3 is 15.2 Å². The van der Waals surface area contributed by atoms with Crippen LogP contribution in [-0.4, -0.2) is 35.0 Å². The predicted molar refractivity (Wildman–Crippen MR) is 101 cm³/mol. The highest BCUT2D eigenvalue weighted by Gasteiger charge is 2.41. The van der Waals surface area contributed by atoms with Crippen molar-refractivity contribution in [1.29, 1.82) is 0 Å². The molecule has 0 saturated carbocycles. The van der Waals surface area contributed by atoms with Gasteiger partial charge in [-0.05, 0) is 56.3 Å². The number of halogens is 1. The van der Waals surface area contributed by atoms with Crippen molar-refractivity contribution in [1.82, 2.24) is 0 Å². The van der Waals surface area contributed by atoms with Crippen molar-refractivity contribution in [2.45, 2.75) is 19.4 Å². The van der Waals surface area contributed by atoms with Crippen LogP contribution in [-0.2, 0) is 9.59 Å². The maximum Gasteiger partial charge on any atom is 0.335 e. The van der Waals surface area contributed by atoms with Gasteiger partial charge in [-0.2, -0.15) is 0 Å². The third kappa shape index (κ3) is 3.88. The second-order valence-corrected chi connectivity index (χ2v) is 6.98. The SMILES string of the molecule is CC1(C)Oc2ccc(C(=O)O)cc2N(CC(=O)Nc2ccc(Cl)cc2)C1=O. The van der Waals surface area contributed by atoms with E-state index < -0.39 is 23.4 Å². The van der Waals surface area contributed by atoms with E-state index in [1.165, 1.54) is 23.1 Å². The molecule has 0 atom stereocenters. The zero-order valence-electron chi connectivity index (χ0n) is 14.7. The van der Waals surface area contributed by atoms with Crippen LogP contribution in [0.15, 0.2) is 42.5 Å². The maximum absolute atomic E-state index is 12.8. The molecule has 0 aromatic heterocycles. The number of benzene rings is 2. The molecular weight excluding hydrogens is 372 g/mol. The second kappa shape index (κ2) is 6.92. The number of hydrogen-bond acceptors (Lipinski definition) is 4. The topological polar surface area (TPSA) is 95.9 Å². The number of carboxylic acids is 1. The zero-order chi connectivity index (χ0) is 19.8. The van der Waals surface area contributed by atoms with E-state index >= 15 is 0 Å². The highest BCUT2D eigenvalue weighted by Crippen LogP contribution is 2.38. The van der Waals surface area contributed by atoms with Gasteiger partial charge in [-0.3, -0.25) is 14.5 Å². The van der Waals surface area contributed by atoms with Crippen molar-refractivity contribution in [3.05, 3.63) is 53.1 Å². The number of rotatable bonds is 4. The Hall–Kier alpha value is -3.06. The van der Waals surface area contributed by atoms with Gasteiger partial charge in [0.15, 0.2) is 5.60 Å². The van der Waals surface area contributed by atoms with Gasteiger partial charge in [0.1, 0.15) is 12.3 Å². The van der Waals surface area contributed by atoms with Crippen LogP contribution in [0.25, 0.3) is 0 Å². The minimum atomic E-state index is -1.18. The van der Waals surface area contributed by atoms with Crippen LogP contribution < -0.4 is 15.0 Å². The van der Waals surface area contributed by atoms with Crippen LogP contribution in [0.3, 0.4) is 0 Å². The number of carbonyl (C=O) groups is 3. The highest BCUT2D eigenvalue weighted by atomic mass is 35.5. The summed E-state index contributed by atoms with van der Waals surface area (Å²) in [4.78, 5) is 37.7. The summed E-state index contributed by atoms with van der Waals surface area (Å²) < 4.78 is 5.68. The van der Waals surface area contributed by atoms with E-state index in [-0.39, 0.29) is 17.8 Å². The number of nitrogens with zero attached hydrogens (tertiary/aromatic N) is 1. The Balaban J connectivity index is 1.89. The van der Waals surface area contributed by atoms with Gasteiger partial charge >= 0.3 is 5.97 Å². The quantitative estimate of drug-likeness (QED) is 0.838. The van der Waals surface area contributed by atoms with Crippen LogP contribution in [0.1, 0.15) is 24.2 Å². The molecule has 140 valence electrons. The molecule has 0 unspecified atom stereocenters. The lowest BCUT2D eigenvalue weighted by atomic mass is 10.0. The van der Waals surface area contributed by atoms with Crippen LogP contribution in [0, 0.1) is 0 Å². The molecule has 0 spiro atoms. The van der Waals surface area contributed by atoms with Crippen molar-refractivity contribution in [2.75, 3.05) is 16.8 Å². The van der Waals surface area contributed by atoms with Crippen LogP contribution in [0.5, 0.6) is 5.75 Å². The Morgan fingerprint density at radius 2 is 1.85 bits per heavy atom. The van der Waals surface area contributed by atoms with Gasteiger partial charge in [0.05, 0.1) is 11.3 Å². The Kier molecular flexibility index (Phi) is 4.80. The predicted octanol–water partition coefficient (Wildman–Crippen LogP) is 3.18. The van der Waals surface area contributed by atoms with E-state index in [4.69, 9.17) is 16.3 Å². The summed E-state index contributed by atoms with van der Waals surface area (Å²) in [5.74, 6) is -1.68. The van der Waals surface area contributed by atoms with Crippen molar-refractivity contribution in [2.24, 2.45) is 0 Å². The molecule has 2 amide bonds. The molecule has 2 aromatic rings. The maximum atomic E-state index is 12.8. The summed E-state index contributed by atoms with van der Waals surface area (Å²) in [6, 6.07) is 10.7. The molecule has 7 nitrogen and oxygen atoms in total. The number of nitrogens with one attached hydrogen (secondary N) is 1. The molecule has 0 fully saturated rings. The first-order valence-electron chi connectivity index (χ1n) is 8.11. The fourth-order valence-corrected chi connectivity index (χ4v) is 2.86. The van der Waals surface area contributed by atoms with Gasteiger partial charge in [0, 0.05) is 10.7 Å². The third-order valence-corrected chi connectivity index (χ3v) is 4.30. The van der Waals surface area contributed by atoms with E-state index in [0.717, 1.165) is 0 Å². The number of carbonyl (C=O) groups excluding carboxylic acids is 2. The summed E-state index contributed by atoms with van der Waals surface area (Å²) in [6.07, 6.45) is 0. The average molecular weight is 389 g/mol. The lowest BCUT2D eigenvalue weighted by Gasteiger charge is -2.38. The lowest BCUT2D eigenvalue weighted by Crippen LogP contribution is -2.54. The average Bonchev–Trinajstić information content (AvgIpc) is 2.60. The van der Waals surface area contributed by atoms with Gasteiger partial charge in [0.25, 0.3) is 5.91 Å². The Bertz CT molecular complexity index is 924. The normalized spacial score (nSPS) is 14.9. The van der Waals surface area contributed by atoms with Gasteiger partial charge in [0.2, 0.25) is 5.91 Å². The first kappa shape index (κ1) is 18.7. The molecule has 1 aliphatic heterocycles. The second-order valence-electron chi connectivity index (χ2n) is 6.55. The third-order valence-electron chi connectivity index (χ3n) is 4.05. The largest absolute Gasteiger partial charge is 0.478 e. The molecule has 0 radical (unpaired) electrons. The number of amides is 2. The Labute approximate surface area is 160 Å². The van der Waals surface area contributed by atoms with Crippen molar-refractivity contribution >= 4 is 40.8 Å². The van der Waals surface area contributed by atoms with Crippen LogP contribution in [0.2, 0.25) is 5.02 Å². The number of hydrogen-bond donors (Lipinski definition) is 2. The fourth-order valence-electron chi connectivity index (χ4n) is 2.73. The number of ether oxygens (including phenoxy) is 1. The van der Waals surface area contributed by atoms with Gasteiger partial charge in [-0.25, -0.2) is 4.79 Å². The van der Waals surface area contributed by atoms with Crippen molar-refractivity contribution < 1.29 is 24.2 Å². The summed E-state index contributed by atoms with van der Waals surface area (Å²) in [7, 11) is 0. The molecule has 0 aliphatic carbocycles. The molecule has 0 bridgehead atoms. The zero-order valence-corrected chi connectivity index (χ0v) is 15.4. The number of aromatic carboxylic acids is 1.